The summed E-state index contributed by atoms with van der Waals surface area (Å²) in [6.45, 7) is 4.11. The van der Waals surface area contributed by atoms with Crippen molar-refractivity contribution in [2.45, 2.75) is 25.4 Å². The summed E-state index contributed by atoms with van der Waals surface area (Å²) in [6, 6.07) is 0. The number of hydrogen-bond donors (Lipinski definition) is 2. The molecule has 0 aromatic rings. The summed E-state index contributed by atoms with van der Waals surface area (Å²) in [6.07, 6.45) is 1.93. The van der Waals surface area contributed by atoms with Crippen LogP contribution in [-0.2, 0) is 0 Å². The monoisotopic (exact) mass is 174 g/mol. The van der Waals surface area contributed by atoms with Crippen molar-refractivity contribution in [2.75, 3.05) is 26.7 Å². The number of alkyl halides is 1. The Morgan fingerprint density at radius 3 is 2.58 bits per heavy atom. The van der Waals surface area contributed by atoms with Crippen LogP contribution in [0.25, 0.3) is 0 Å². The van der Waals surface area contributed by atoms with Gasteiger partial charge < -0.3 is 10.6 Å². The highest BCUT2D eigenvalue weighted by Crippen LogP contribution is 2.28. The molecule has 1 rings (SSSR count). The summed E-state index contributed by atoms with van der Waals surface area (Å²) in [5.74, 6) is 0.228. The molecule has 3 heteroatoms. The second-order valence-electron chi connectivity index (χ2n) is 3.83. The molecule has 2 nitrogen and oxygen atoms in total. The first-order chi connectivity index (χ1) is 5.67. The third-order valence-corrected chi connectivity index (χ3v) is 2.71. The zero-order valence-electron chi connectivity index (χ0n) is 7.99. The molecule has 1 saturated heterocycles. The fourth-order valence-electron chi connectivity index (χ4n) is 1.91. The molecule has 0 saturated carbocycles. The third kappa shape index (κ3) is 2.42. The Morgan fingerprint density at radius 2 is 2.08 bits per heavy atom. The molecule has 12 heavy (non-hydrogen) atoms. The minimum absolute atomic E-state index is 0.228. The van der Waals surface area contributed by atoms with Crippen LogP contribution in [0.1, 0.15) is 19.8 Å². The van der Waals surface area contributed by atoms with Gasteiger partial charge in [0.2, 0.25) is 0 Å². The van der Waals surface area contributed by atoms with Crippen molar-refractivity contribution in [3.8, 4) is 0 Å². The van der Waals surface area contributed by atoms with Crippen molar-refractivity contribution in [2.24, 2.45) is 5.92 Å². The molecule has 72 valence electrons. The van der Waals surface area contributed by atoms with Crippen molar-refractivity contribution in [3.63, 3.8) is 0 Å². The third-order valence-electron chi connectivity index (χ3n) is 2.71. The molecule has 0 spiro atoms. The smallest absolute Gasteiger partial charge is 0.123 e. The Bertz CT molecular complexity index is 130. The highest BCUT2D eigenvalue weighted by molar-refractivity contribution is 4.87. The summed E-state index contributed by atoms with van der Waals surface area (Å²) >= 11 is 0. The molecular weight excluding hydrogens is 155 g/mol. The molecule has 1 aliphatic rings. The number of nitrogens with one attached hydrogen (secondary N) is 2. The van der Waals surface area contributed by atoms with Crippen LogP contribution in [0.2, 0.25) is 0 Å². The predicted molar refractivity (Wildman–Crippen MR) is 49.0 cm³/mol. The minimum atomic E-state index is -1.03. The zero-order valence-corrected chi connectivity index (χ0v) is 7.99. The summed E-state index contributed by atoms with van der Waals surface area (Å²) < 4.78 is 13.9. The molecule has 2 N–H and O–H groups in total. The van der Waals surface area contributed by atoms with E-state index in [0.717, 1.165) is 25.9 Å². The lowest BCUT2D eigenvalue weighted by Crippen LogP contribution is -2.44. The van der Waals surface area contributed by atoms with Gasteiger partial charge in [-0.25, -0.2) is 4.39 Å². The molecule has 1 heterocycles. The molecule has 0 aromatic carbocycles. The number of hydrogen-bond acceptors (Lipinski definition) is 2. The fourth-order valence-corrected chi connectivity index (χ4v) is 1.91. The molecule has 1 atom stereocenters. The van der Waals surface area contributed by atoms with Gasteiger partial charge in [-0.2, -0.15) is 0 Å². The SMILES string of the molecule is CNCC(C)(F)C1CCNCC1. The molecule has 1 aliphatic heterocycles. The van der Waals surface area contributed by atoms with Gasteiger partial charge in [0.15, 0.2) is 0 Å². The first kappa shape index (κ1) is 9.93. The zero-order chi connectivity index (χ0) is 9.03. The van der Waals surface area contributed by atoms with Crippen molar-refractivity contribution in [1.29, 1.82) is 0 Å². The fraction of sp³-hybridized carbons (Fsp3) is 1.00. The van der Waals surface area contributed by atoms with Gasteiger partial charge >= 0.3 is 0 Å². The van der Waals surface area contributed by atoms with Crippen molar-refractivity contribution >= 4 is 0 Å². The molecule has 0 amide bonds. The van der Waals surface area contributed by atoms with Gasteiger partial charge in [0.05, 0.1) is 0 Å². The number of halogens is 1. The first-order valence-corrected chi connectivity index (χ1v) is 4.71. The van der Waals surface area contributed by atoms with Crippen LogP contribution in [0.15, 0.2) is 0 Å². The van der Waals surface area contributed by atoms with Crippen molar-refractivity contribution < 1.29 is 4.39 Å². The van der Waals surface area contributed by atoms with E-state index in [4.69, 9.17) is 0 Å². The molecule has 1 fully saturated rings. The van der Waals surface area contributed by atoms with E-state index in [9.17, 15) is 4.39 Å². The van der Waals surface area contributed by atoms with Crippen LogP contribution < -0.4 is 10.6 Å². The summed E-state index contributed by atoms with van der Waals surface area (Å²) in [7, 11) is 1.80. The van der Waals surface area contributed by atoms with Gasteiger partial charge in [-0.15, -0.1) is 0 Å². The Morgan fingerprint density at radius 1 is 1.50 bits per heavy atom. The number of piperidine rings is 1. The van der Waals surface area contributed by atoms with Crippen LogP contribution in [0.5, 0.6) is 0 Å². The van der Waals surface area contributed by atoms with E-state index in [0.29, 0.717) is 6.54 Å². The average Bonchev–Trinajstić information content (AvgIpc) is 2.06. The van der Waals surface area contributed by atoms with Gasteiger partial charge in [-0.05, 0) is 45.8 Å². The largest absolute Gasteiger partial charge is 0.317 e. The Balaban J connectivity index is 2.41. The lowest BCUT2D eigenvalue weighted by atomic mass is 9.83. The molecule has 0 aliphatic carbocycles. The van der Waals surface area contributed by atoms with Crippen LogP contribution >= 0.6 is 0 Å². The van der Waals surface area contributed by atoms with Gasteiger partial charge in [0.25, 0.3) is 0 Å². The van der Waals surface area contributed by atoms with Crippen LogP contribution in [0.3, 0.4) is 0 Å². The second-order valence-corrected chi connectivity index (χ2v) is 3.83. The van der Waals surface area contributed by atoms with Crippen LogP contribution in [0.4, 0.5) is 4.39 Å². The van der Waals surface area contributed by atoms with E-state index in [2.05, 4.69) is 10.6 Å². The quantitative estimate of drug-likeness (QED) is 0.665. The van der Waals surface area contributed by atoms with E-state index in [-0.39, 0.29) is 5.92 Å². The normalized spacial score (nSPS) is 25.2. The van der Waals surface area contributed by atoms with Crippen molar-refractivity contribution in [3.05, 3.63) is 0 Å². The van der Waals surface area contributed by atoms with Crippen LogP contribution in [-0.4, -0.2) is 32.4 Å². The second kappa shape index (κ2) is 4.19. The standard InChI is InChI=1S/C9H19FN2/c1-9(10,7-11-2)8-3-5-12-6-4-8/h8,11-12H,3-7H2,1-2H3. The Labute approximate surface area is 73.9 Å². The van der Waals surface area contributed by atoms with Crippen LogP contribution in [0, 0.1) is 5.92 Å². The van der Waals surface area contributed by atoms with E-state index < -0.39 is 5.67 Å². The Hall–Kier alpha value is -0.150. The van der Waals surface area contributed by atoms with E-state index in [1.54, 1.807) is 14.0 Å². The molecule has 0 bridgehead atoms. The summed E-state index contributed by atoms with van der Waals surface area (Å²) in [5.41, 5.74) is -1.03. The van der Waals surface area contributed by atoms with Crippen molar-refractivity contribution in [1.82, 2.24) is 10.6 Å². The molecular formula is C9H19FN2. The predicted octanol–water partition coefficient (Wildman–Crippen LogP) is 0.934. The first-order valence-electron chi connectivity index (χ1n) is 4.71. The topological polar surface area (TPSA) is 24.1 Å². The molecule has 1 unspecified atom stereocenters. The van der Waals surface area contributed by atoms with Gasteiger partial charge in [0.1, 0.15) is 5.67 Å². The van der Waals surface area contributed by atoms with Gasteiger partial charge in [0, 0.05) is 6.54 Å². The molecule has 0 radical (unpaired) electrons. The minimum Gasteiger partial charge on any atom is -0.317 e. The Kier molecular flexibility index (Phi) is 3.47. The van der Waals surface area contributed by atoms with Gasteiger partial charge in [-0.1, -0.05) is 0 Å². The number of rotatable bonds is 3. The highest BCUT2D eigenvalue weighted by atomic mass is 19.1. The summed E-state index contributed by atoms with van der Waals surface area (Å²) in [4.78, 5) is 0. The maximum absolute atomic E-state index is 13.9. The van der Waals surface area contributed by atoms with E-state index in [1.807, 2.05) is 0 Å². The maximum Gasteiger partial charge on any atom is 0.123 e. The lowest BCUT2D eigenvalue weighted by molar-refractivity contribution is 0.0807. The summed E-state index contributed by atoms with van der Waals surface area (Å²) in [5, 5.41) is 6.15. The molecule has 0 aromatic heterocycles. The average molecular weight is 174 g/mol. The maximum atomic E-state index is 13.9. The highest BCUT2D eigenvalue weighted by Gasteiger charge is 2.33. The lowest BCUT2D eigenvalue weighted by Gasteiger charge is -2.33. The van der Waals surface area contributed by atoms with E-state index in [1.165, 1.54) is 0 Å². The van der Waals surface area contributed by atoms with E-state index >= 15 is 0 Å². The van der Waals surface area contributed by atoms with Gasteiger partial charge in [-0.3, -0.25) is 0 Å².